The van der Waals surface area contributed by atoms with Gasteiger partial charge in [-0.25, -0.2) is 13.8 Å². The van der Waals surface area contributed by atoms with E-state index >= 15 is 0 Å². The highest BCUT2D eigenvalue weighted by Gasteiger charge is 2.37. The largest absolute Gasteiger partial charge is 0.444 e. The molecule has 1 aliphatic heterocycles. The SMILES string of the molecule is CC(C)N(C(=O)N=[S@](=O)(c1cnn(C2CN(C(=O)OC(C)(C)C)C2)c1)C(C)(C)C)C(C)C. The van der Waals surface area contributed by atoms with E-state index in [0.29, 0.717) is 18.0 Å². The number of rotatable bonds is 4. The van der Waals surface area contributed by atoms with Gasteiger partial charge in [-0.1, -0.05) is 0 Å². The van der Waals surface area contributed by atoms with Gasteiger partial charge in [-0.3, -0.25) is 4.68 Å². The Labute approximate surface area is 192 Å². The Kier molecular flexibility index (Phi) is 7.38. The molecule has 0 aromatic carbocycles. The third-order valence-corrected chi connectivity index (χ3v) is 8.08. The maximum absolute atomic E-state index is 14.1. The van der Waals surface area contributed by atoms with Crippen LogP contribution in [0, 0.1) is 0 Å². The summed E-state index contributed by atoms with van der Waals surface area (Å²) >= 11 is 0. The van der Waals surface area contributed by atoms with Crippen LogP contribution in [0.5, 0.6) is 0 Å². The Hall–Kier alpha value is -2.10. The molecule has 32 heavy (non-hydrogen) atoms. The van der Waals surface area contributed by atoms with Crippen molar-refractivity contribution in [3.05, 3.63) is 12.4 Å². The zero-order valence-corrected chi connectivity index (χ0v) is 21.9. The molecule has 0 N–H and O–H groups in total. The monoisotopic (exact) mass is 469 g/mol. The Morgan fingerprint density at radius 2 is 1.66 bits per heavy atom. The molecule has 2 rings (SSSR count). The third kappa shape index (κ3) is 5.63. The molecule has 182 valence electrons. The van der Waals surface area contributed by atoms with Crippen molar-refractivity contribution in [1.82, 2.24) is 19.6 Å². The fourth-order valence-electron chi connectivity index (χ4n) is 3.50. The van der Waals surface area contributed by atoms with Gasteiger partial charge in [-0.2, -0.15) is 5.10 Å². The fraction of sp³-hybridized carbons (Fsp3) is 0.773. The van der Waals surface area contributed by atoms with E-state index in [9.17, 15) is 13.8 Å². The molecule has 1 fully saturated rings. The van der Waals surface area contributed by atoms with Crippen molar-refractivity contribution >= 4 is 21.9 Å². The van der Waals surface area contributed by atoms with E-state index in [1.807, 2.05) is 69.2 Å². The lowest BCUT2D eigenvalue weighted by Crippen LogP contribution is -2.52. The number of hydrogen-bond donors (Lipinski definition) is 0. The van der Waals surface area contributed by atoms with Gasteiger partial charge >= 0.3 is 12.1 Å². The highest BCUT2D eigenvalue weighted by Crippen LogP contribution is 2.30. The summed E-state index contributed by atoms with van der Waals surface area (Å²) < 4.78 is 24.7. The second kappa shape index (κ2) is 9.03. The molecule has 1 aliphatic rings. The van der Waals surface area contributed by atoms with Crippen molar-refractivity contribution < 1.29 is 18.5 Å². The summed E-state index contributed by atoms with van der Waals surface area (Å²) in [7, 11) is -3.10. The molecule has 1 atom stereocenters. The van der Waals surface area contributed by atoms with Gasteiger partial charge in [0.25, 0.3) is 0 Å². The van der Waals surface area contributed by atoms with Gasteiger partial charge in [-0.15, -0.1) is 4.36 Å². The standard InChI is InChI=1S/C22H39N5O4S/c1-15(2)27(16(3)4)19(28)24-32(30,22(8,9)10)18-11-23-26(14-18)17-12-25(13-17)20(29)31-21(5,6)7/h11,14-17H,12-13H2,1-10H3/t32-/m0/s1. The Balaban J connectivity index is 2.28. The Bertz CT molecular complexity index is 948. The van der Waals surface area contributed by atoms with Gasteiger partial charge in [0.2, 0.25) is 0 Å². The number of urea groups is 1. The highest BCUT2D eigenvalue weighted by molar-refractivity contribution is 7.95. The molecule has 0 spiro atoms. The number of aromatic nitrogens is 2. The van der Waals surface area contributed by atoms with Gasteiger partial charge in [0.15, 0.2) is 0 Å². The highest BCUT2D eigenvalue weighted by atomic mass is 32.2. The van der Waals surface area contributed by atoms with Crippen LogP contribution in [0.1, 0.15) is 75.3 Å². The Morgan fingerprint density at radius 3 is 2.09 bits per heavy atom. The first-order chi connectivity index (χ1) is 14.5. The minimum Gasteiger partial charge on any atom is -0.444 e. The van der Waals surface area contributed by atoms with Crippen molar-refractivity contribution in [2.45, 2.75) is 103 Å². The lowest BCUT2D eigenvalue weighted by atomic mass is 10.1. The molecule has 0 radical (unpaired) electrons. The summed E-state index contributed by atoms with van der Waals surface area (Å²) in [5.41, 5.74) is -0.548. The number of ether oxygens (including phenoxy) is 1. The van der Waals surface area contributed by atoms with Crippen LogP contribution in [0.15, 0.2) is 21.7 Å². The number of carbonyl (C=O) groups is 2. The van der Waals surface area contributed by atoms with E-state index < -0.39 is 26.1 Å². The molecule has 0 bridgehead atoms. The van der Waals surface area contributed by atoms with Gasteiger partial charge < -0.3 is 14.5 Å². The topological polar surface area (TPSA) is 97.1 Å². The van der Waals surface area contributed by atoms with Crippen molar-refractivity contribution in [3.8, 4) is 0 Å². The molecular weight excluding hydrogens is 430 g/mol. The summed E-state index contributed by atoms with van der Waals surface area (Å²) in [5, 5.41) is 4.38. The molecule has 1 saturated heterocycles. The number of amides is 3. The van der Waals surface area contributed by atoms with Crippen LogP contribution < -0.4 is 0 Å². The second-order valence-corrected chi connectivity index (χ2v) is 13.7. The molecule has 0 aliphatic carbocycles. The maximum Gasteiger partial charge on any atom is 0.410 e. The van der Waals surface area contributed by atoms with Crippen molar-refractivity contribution in [2.24, 2.45) is 4.36 Å². The number of hydrogen-bond acceptors (Lipinski definition) is 5. The van der Waals surface area contributed by atoms with E-state index in [4.69, 9.17) is 4.74 Å². The van der Waals surface area contributed by atoms with Crippen LogP contribution in [0.25, 0.3) is 0 Å². The number of nitrogens with zero attached hydrogens (tertiary/aromatic N) is 5. The van der Waals surface area contributed by atoms with Crippen molar-refractivity contribution in [3.63, 3.8) is 0 Å². The van der Waals surface area contributed by atoms with E-state index in [1.165, 1.54) is 6.20 Å². The first-order valence-electron chi connectivity index (χ1n) is 11.1. The van der Waals surface area contributed by atoms with Crippen molar-refractivity contribution in [1.29, 1.82) is 0 Å². The molecule has 9 nitrogen and oxygen atoms in total. The molecule has 2 heterocycles. The molecule has 10 heteroatoms. The van der Waals surface area contributed by atoms with Crippen LogP contribution >= 0.6 is 0 Å². The summed E-state index contributed by atoms with van der Waals surface area (Å²) in [6.45, 7) is 19.5. The van der Waals surface area contributed by atoms with E-state index in [2.05, 4.69) is 9.46 Å². The lowest BCUT2D eigenvalue weighted by molar-refractivity contribution is -0.000425. The number of likely N-dealkylation sites (tertiary alicyclic amines) is 1. The summed E-state index contributed by atoms with van der Waals surface area (Å²) in [6.07, 6.45) is 2.86. The molecular formula is C22H39N5O4S. The average molecular weight is 470 g/mol. The zero-order chi connectivity index (χ0) is 24.6. The minimum absolute atomic E-state index is 0.0431. The molecule has 1 aromatic heterocycles. The van der Waals surface area contributed by atoms with E-state index in [0.717, 1.165) is 0 Å². The van der Waals surface area contributed by atoms with Crippen molar-refractivity contribution in [2.75, 3.05) is 13.1 Å². The summed E-state index contributed by atoms with van der Waals surface area (Å²) in [6, 6.07) is -0.654. The molecule has 3 amide bonds. The Morgan fingerprint density at radius 1 is 1.12 bits per heavy atom. The zero-order valence-electron chi connectivity index (χ0n) is 21.1. The van der Waals surface area contributed by atoms with Gasteiger partial charge in [0.1, 0.15) is 5.60 Å². The number of carbonyl (C=O) groups excluding carboxylic acids is 2. The minimum atomic E-state index is -3.10. The molecule has 0 saturated carbocycles. The smallest absolute Gasteiger partial charge is 0.410 e. The van der Waals surface area contributed by atoms with Crippen LogP contribution in [-0.4, -0.2) is 71.4 Å². The third-order valence-electron chi connectivity index (χ3n) is 5.16. The molecule has 1 aromatic rings. The first kappa shape index (κ1) is 26.2. The van der Waals surface area contributed by atoms with Crippen LogP contribution in [-0.2, 0) is 14.5 Å². The van der Waals surface area contributed by atoms with E-state index in [1.54, 1.807) is 20.7 Å². The predicted molar refractivity (Wildman–Crippen MR) is 125 cm³/mol. The summed E-state index contributed by atoms with van der Waals surface area (Å²) in [5.74, 6) is 0. The quantitative estimate of drug-likeness (QED) is 0.645. The van der Waals surface area contributed by atoms with Crippen LogP contribution in [0.2, 0.25) is 0 Å². The normalized spacial score (nSPS) is 17.2. The maximum atomic E-state index is 14.1. The van der Waals surface area contributed by atoms with Gasteiger partial charge in [-0.05, 0) is 69.2 Å². The first-order valence-corrected chi connectivity index (χ1v) is 12.6. The van der Waals surface area contributed by atoms with E-state index in [-0.39, 0.29) is 24.2 Å². The summed E-state index contributed by atoms with van der Waals surface area (Å²) in [4.78, 5) is 28.8. The molecule has 0 unspecified atom stereocenters. The van der Waals surface area contributed by atoms with Crippen LogP contribution in [0.3, 0.4) is 0 Å². The average Bonchev–Trinajstić information content (AvgIpc) is 2.99. The van der Waals surface area contributed by atoms with Crippen LogP contribution in [0.4, 0.5) is 9.59 Å². The van der Waals surface area contributed by atoms with Gasteiger partial charge in [0.05, 0.1) is 31.6 Å². The predicted octanol–water partition coefficient (Wildman–Crippen LogP) is 4.54. The van der Waals surface area contributed by atoms with Gasteiger partial charge in [0, 0.05) is 31.4 Å². The lowest BCUT2D eigenvalue weighted by Gasteiger charge is -2.39. The fourth-order valence-corrected chi connectivity index (χ4v) is 5.34. The second-order valence-electron chi connectivity index (χ2n) is 10.8.